The van der Waals surface area contributed by atoms with Gasteiger partial charge >= 0.3 is 5.97 Å². The lowest BCUT2D eigenvalue weighted by Gasteiger charge is -2.29. The molecule has 2 aromatic heterocycles. The molecule has 2 aromatic rings. The molecule has 1 aliphatic carbocycles. The number of hydrogen-bond acceptors (Lipinski definition) is 7. The Morgan fingerprint density at radius 2 is 2.11 bits per heavy atom. The first-order valence-corrected chi connectivity index (χ1v) is 9.33. The first-order chi connectivity index (χ1) is 12.8. The van der Waals surface area contributed by atoms with E-state index in [9.17, 15) is 4.79 Å². The Morgan fingerprint density at radius 1 is 1.33 bits per heavy atom. The fourth-order valence-electron chi connectivity index (χ4n) is 3.29. The lowest BCUT2D eigenvalue weighted by atomic mass is 9.87. The van der Waals surface area contributed by atoms with E-state index in [1.54, 1.807) is 24.1 Å². The molecule has 0 aliphatic heterocycles. The van der Waals surface area contributed by atoms with E-state index in [2.05, 4.69) is 15.1 Å². The summed E-state index contributed by atoms with van der Waals surface area (Å²) in [6, 6.07) is 0. The summed E-state index contributed by atoms with van der Waals surface area (Å²) in [4.78, 5) is 21.1. The largest absolute Gasteiger partial charge is 0.487 e. The molecule has 146 valence electrons. The summed E-state index contributed by atoms with van der Waals surface area (Å²) in [5.41, 5.74) is 7.42. The van der Waals surface area contributed by atoms with Crippen molar-refractivity contribution in [2.45, 2.75) is 58.7 Å². The normalized spacial score (nSPS) is 19.9. The third-order valence-electron chi connectivity index (χ3n) is 4.76. The Balaban J connectivity index is 1.68. The molecular formula is C19H27N5O3. The lowest BCUT2D eigenvalue weighted by Crippen LogP contribution is -2.32. The number of hydrogen-bond donors (Lipinski definition) is 1. The van der Waals surface area contributed by atoms with Crippen molar-refractivity contribution in [3.8, 4) is 17.1 Å². The highest BCUT2D eigenvalue weighted by Crippen LogP contribution is 2.30. The Bertz CT molecular complexity index is 818. The highest BCUT2D eigenvalue weighted by atomic mass is 16.5. The van der Waals surface area contributed by atoms with Crippen LogP contribution in [0.15, 0.2) is 12.4 Å². The van der Waals surface area contributed by atoms with Crippen LogP contribution in [0, 0.1) is 12.8 Å². The smallest absolute Gasteiger partial charge is 0.309 e. The zero-order valence-electron chi connectivity index (χ0n) is 16.3. The minimum atomic E-state index is -0.131. The van der Waals surface area contributed by atoms with Gasteiger partial charge in [0.2, 0.25) is 0 Å². The summed E-state index contributed by atoms with van der Waals surface area (Å²) in [7, 11) is 1.77. The van der Waals surface area contributed by atoms with Crippen molar-refractivity contribution in [1.29, 1.82) is 0 Å². The van der Waals surface area contributed by atoms with E-state index >= 15 is 0 Å². The van der Waals surface area contributed by atoms with E-state index in [1.165, 1.54) is 0 Å². The molecule has 3 rings (SSSR count). The highest BCUT2D eigenvalue weighted by Gasteiger charge is 2.30. The van der Waals surface area contributed by atoms with Crippen LogP contribution in [0.25, 0.3) is 11.4 Å². The van der Waals surface area contributed by atoms with Crippen LogP contribution in [0.3, 0.4) is 0 Å². The van der Waals surface area contributed by atoms with Crippen LogP contribution in [0.4, 0.5) is 5.82 Å². The number of nitrogens with two attached hydrogens (primary N) is 1. The molecule has 0 unspecified atom stereocenters. The first-order valence-electron chi connectivity index (χ1n) is 9.33. The number of aryl methyl sites for hydroxylation is 2. The molecule has 1 saturated carbocycles. The molecule has 1 fully saturated rings. The fraction of sp³-hybridized carbons (Fsp3) is 0.579. The van der Waals surface area contributed by atoms with Gasteiger partial charge in [-0.3, -0.25) is 9.48 Å². The predicted octanol–water partition coefficient (Wildman–Crippen LogP) is 2.66. The molecule has 2 heterocycles. The summed E-state index contributed by atoms with van der Waals surface area (Å²) in [5.74, 6) is 1.42. The Morgan fingerprint density at radius 3 is 2.74 bits per heavy atom. The number of nitrogens with zero attached hydrogens (tertiary/aromatic N) is 4. The molecule has 0 radical (unpaired) electrons. The molecule has 0 saturated heterocycles. The van der Waals surface area contributed by atoms with Crippen LogP contribution < -0.4 is 10.5 Å². The molecule has 0 bridgehead atoms. The van der Waals surface area contributed by atoms with Gasteiger partial charge in [0.25, 0.3) is 0 Å². The number of esters is 1. The number of anilines is 1. The second-order valence-corrected chi connectivity index (χ2v) is 7.30. The zero-order valence-corrected chi connectivity index (χ0v) is 16.3. The lowest BCUT2D eigenvalue weighted by molar-refractivity contribution is -0.154. The van der Waals surface area contributed by atoms with Crippen molar-refractivity contribution in [1.82, 2.24) is 19.7 Å². The van der Waals surface area contributed by atoms with Crippen molar-refractivity contribution in [2.75, 3.05) is 5.73 Å². The summed E-state index contributed by atoms with van der Waals surface area (Å²) in [5, 5.41) is 4.12. The topological polar surface area (TPSA) is 105 Å². The third-order valence-corrected chi connectivity index (χ3v) is 4.76. The van der Waals surface area contributed by atoms with E-state index in [0.717, 1.165) is 25.0 Å². The Kier molecular flexibility index (Phi) is 5.62. The van der Waals surface area contributed by atoms with Gasteiger partial charge in [-0.1, -0.05) is 0 Å². The SMILES string of the molecule is Cc1nc(-c2cnn(C)c2N)ncc1O[C@H]1CCC[C@H](C(=O)OC(C)C)C1. The summed E-state index contributed by atoms with van der Waals surface area (Å²) >= 11 is 0. The number of carbonyl (C=O) groups excluding carboxylic acids is 1. The average Bonchev–Trinajstić information content (AvgIpc) is 2.95. The Labute approximate surface area is 159 Å². The van der Waals surface area contributed by atoms with Gasteiger partial charge in [0.15, 0.2) is 11.6 Å². The summed E-state index contributed by atoms with van der Waals surface area (Å²) in [6.45, 7) is 5.61. The molecule has 0 aromatic carbocycles. The van der Waals surface area contributed by atoms with Crippen LogP contribution >= 0.6 is 0 Å². The number of nitrogen functional groups attached to an aromatic ring is 1. The molecule has 0 amide bonds. The summed E-state index contributed by atoms with van der Waals surface area (Å²) in [6.07, 6.45) is 6.52. The van der Waals surface area contributed by atoms with E-state index in [1.807, 2.05) is 20.8 Å². The van der Waals surface area contributed by atoms with Gasteiger partial charge < -0.3 is 15.2 Å². The van der Waals surface area contributed by atoms with Crippen molar-refractivity contribution in [2.24, 2.45) is 13.0 Å². The third kappa shape index (κ3) is 4.37. The van der Waals surface area contributed by atoms with Crippen molar-refractivity contribution >= 4 is 11.8 Å². The molecule has 8 nitrogen and oxygen atoms in total. The molecule has 1 aliphatic rings. The fourth-order valence-corrected chi connectivity index (χ4v) is 3.29. The van der Waals surface area contributed by atoms with Crippen molar-refractivity contribution < 1.29 is 14.3 Å². The average molecular weight is 373 g/mol. The quantitative estimate of drug-likeness (QED) is 0.803. The van der Waals surface area contributed by atoms with Gasteiger partial charge in [-0.25, -0.2) is 9.97 Å². The Hall–Kier alpha value is -2.64. The molecular weight excluding hydrogens is 346 g/mol. The van der Waals surface area contributed by atoms with E-state index in [4.69, 9.17) is 15.2 Å². The van der Waals surface area contributed by atoms with Gasteiger partial charge in [0, 0.05) is 7.05 Å². The minimum Gasteiger partial charge on any atom is -0.487 e. The highest BCUT2D eigenvalue weighted by molar-refractivity contribution is 5.72. The molecule has 8 heteroatoms. The maximum absolute atomic E-state index is 12.2. The maximum atomic E-state index is 12.2. The maximum Gasteiger partial charge on any atom is 0.309 e. The number of ether oxygens (including phenoxy) is 2. The van der Waals surface area contributed by atoms with E-state index in [-0.39, 0.29) is 24.1 Å². The predicted molar refractivity (Wildman–Crippen MR) is 101 cm³/mol. The molecule has 0 spiro atoms. The standard InChI is InChI=1S/C19H27N5O3/c1-11(2)26-19(25)13-6-5-7-14(8-13)27-16-10-21-18(23-12(16)3)15-9-22-24(4)17(15)20/h9-11,13-14H,5-8,20H2,1-4H3/t13-,14-/m0/s1. The van der Waals surface area contributed by atoms with E-state index in [0.29, 0.717) is 29.4 Å². The van der Waals surface area contributed by atoms with Gasteiger partial charge in [0.05, 0.1) is 41.8 Å². The van der Waals surface area contributed by atoms with Crippen molar-refractivity contribution in [3.05, 3.63) is 18.1 Å². The van der Waals surface area contributed by atoms with Crippen LogP contribution in [-0.2, 0) is 16.6 Å². The second-order valence-electron chi connectivity index (χ2n) is 7.30. The van der Waals surface area contributed by atoms with Crippen LogP contribution in [0.1, 0.15) is 45.2 Å². The molecule has 2 N–H and O–H groups in total. The number of rotatable bonds is 5. The minimum absolute atomic E-state index is 0.0416. The molecule has 2 atom stereocenters. The summed E-state index contributed by atoms with van der Waals surface area (Å²) < 4.78 is 13.0. The monoisotopic (exact) mass is 373 g/mol. The first kappa shape index (κ1) is 19.1. The van der Waals surface area contributed by atoms with Crippen LogP contribution in [-0.4, -0.2) is 37.9 Å². The van der Waals surface area contributed by atoms with Gasteiger partial charge in [0.1, 0.15) is 5.82 Å². The molecule has 27 heavy (non-hydrogen) atoms. The van der Waals surface area contributed by atoms with Crippen molar-refractivity contribution in [3.63, 3.8) is 0 Å². The zero-order chi connectivity index (χ0) is 19.6. The van der Waals surface area contributed by atoms with Crippen LogP contribution in [0.5, 0.6) is 5.75 Å². The second kappa shape index (κ2) is 7.94. The van der Waals surface area contributed by atoms with E-state index < -0.39 is 0 Å². The number of carbonyl (C=O) groups is 1. The van der Waals surface area contributed by atoms with Gasteiger partial charge in [-0.05, 0) is 46.5 Å². The van der Waals surface area contributed by atoms with Crippen LogP contribution in [0.2, 0.25) is 0 Å². The van der Waals surface area contributed by atoms with Gasteiger partial charge in [-0.2, -0.15) is 5.10 Å². The number of aromatic nitrogens is 4. The van der Waals surface area contributed by atoms with Gasteiger partial charge in [-0.15, -0.1) is 0 Å².